The van der Waals surface area contributed by atoms with Gasteiger partial charge in [0.15, 0.2) is 5.17 Å². The topological polar surface area (TPSA) is 42.9 Å². The van der Waals surface area contributed by atoms with Crippen molar-refractivity contribution in [3.8, 4) is 11.5 Å². The van der Waals surface area contributed by atoms with E-state index in [1.54, 1.807) is 11.8 Å². The van der Waals surface area contributed by atoms with Crippen molar-refractivity contribution in [2.45, 2.75) is 13.8 Å². The molecular weight excluding hydrogens is 248 g/mol. The van der Waals surface area contributed by atoms with Crippen LogP contribution in [0.2, 0.25) is 0 Å². The summed E-state index contributed by atoms with van der Waals surface area (Å²) in [6.45, 7) is 6.12. The average molecular weight is 266 g/mol. The van der Waals surface area contributed by atoms with Crippen molar-refractivity contribution in [1.29, 1.82) is 0 Å². The number of benzene rings is 1. The highest BCUT2D eigenvalue weighted by Gasteiger charge is 2.11. The van der Waals surface area contributed by atoms with E-state index in [1.165, 1.54) is 0 Å². The molecule has 98 valence electrons. The number of aliphatic imine (C=N–C) groups is 1. The van der Waals surface area contributed by atoms with E-state index in [0.717, 1.165) is 34.7 Å². The van der Waals surface area contributed by atoms with E-state index in [2.05, 4.69) is 10.3 Å². The van der Waals surface area contributed by atoms with E-state index >= 15 is 0 Å². The zero-order valence-corrected chi connectivity index (χ0v) is 11.5. The van der Waals surface area contributed by atoms with Gasteiger partial charge in [-0.25, -0.2) is 0 Å². The third kappa shape index (κ3) is 3.32. The largest absolute Gasteiger partial charge is 0.494 e. The van der Waals surface area contributed by atoms with Gasteiger partial charge in [0.25, 0.3) is 0 Å². The van der Waals surface area contributed by atoms with E-state index in [0.29, 0.717) is 13.2 Å². The Morgan fingerprint density at radius 3 is 2.78 bits per heavy atom. The molecule has 4 nitrogen and oxygen atoms in total. The number of ether oxygens (including phenoxy) is 2. The van der Waals surface area contributed by atoms with Gasteiger partial charge in [-0.3, -0.25) is 4.99 Å². The van der Waals surface area contributed by atoms with Gasteiger partial charge in [0.1, 0.15) is 11.5 Å². The summed E-state index contributed by atoms with van der Waals surface area (Å²) in [6.07, 6.45) is 0. The Bertz CT molecular complexity index is 435. The molecule has 1 N–H and O–H groups in total. The minimum atomic E-state index is 0.641. The average Bonchev–Trinajstić information content (AvgIpc) is 2.86. The predicted molar refractivity (Wildman–Crippen MR) is 77.2 cm³/mol. The second-order valence-corrected chi connectivity index (χ2v) is 4.77. The molecule has 0 aliphatic carbocycles. The smallest absolute Gasteiger partial charge is 0.161 e. The fourth-order valence-electron chi connectivity index (χ4n) is 1.67. The van der Waals surface area contributed by atoms with Crippen molar-refractivity contribution < 1.29 is 9.47 Å². The molecule has 0 aromatic heterocycles. The lowest BCUT2D eigenvalue weighted by Crippen LogP contribution is -2.07. The molecule has 0 saturated heterocycles. The molecular formula is C13H18N2O2S. The van der Waals surface area contributed by atoms with Crippen molar-refractivity contribution in [2.24, 2.45) is 4.99 Å². The predicted octanol–water partition coefficient (Wildman–Crippen LogP) is 3.00. The number of nitrogens with one attached hydrogen (secondary N) is 1. The maximum atomic E-state index is 5.60. The van der Waals surface area contributed by atoms with Crippen LogP contribution < -0.4 is 14.8 Å². The summed E-state index contributed by atoms with van der Waals surface area (Å²) in [5.41, 5.74) is 0.913. The van der Waals surface area contributed by atoms with E-state index in [-0.39, 0.29) is 0 Å². The summed E-state index contributed by atoms with van der Waals surface area (Å²) in [5.74, 6) is 2.71. The normalized spacial score (nSPS) is 14.2. The first-order valence-electron chi connectivity index (χ1n) is 6.17. The lowest BCUT2D eigenvalue weighted by Gasteiger charge is -2.13. The standard InChI is InChI=1S/C13H18N2O2S/c1-3-16-10-5-6-12(17-4-2)11(9-10)15-13-14-7-8-18-13/h5-6,9H,3-4,7-8H2,1-2H3,(H,14,15). The van der Waals surface area contributed by atoms with Crippen molar-refractivity contribution in [2.75, 3.05) is 30.8 Å². The Hall–Kier alpha value is -1.36. The summed E-state index contributed by atoms with van der Waals surface area (Å²) in [4.78, 5) is 4.38. The number of thioether (sulfide) groups is 1. The van der Waals surface area contributed by atoms with Gasteiger partial charge in [0, 0.05) is 11.8 Å². The summed E-state index contributed by atoms with van der Waals surface area (Å²) >= 11 is 1.73. The molecule has 0 radical (unpaired) electrons. The van der Waals surface area contributed by atoms with Gasteiger partial charge >= 0.3 is 0 Å². The molecule has 1 aromatic rings. The van der Waals surface area contributed by atoms with Gasteiger partial charge in [-0.15, -0.1) is 0 Å². The third-order valence-corrected chi connectivity index (χ3v) is 3.28. The number of hydrogen-bond acceptors (Lipinski definition) is 5. The summed E-state index contributed by atoms with van der Waals surface area (Å²) < 4.78 is 11.1. The van der Waals surface area contributed by atoms with Crippen molar-refractivity contribution in [3.05, 3.63) is 18.2 Å². The van der Waals surface area contributed by atoms with E-state index in [1.807, 2.05) is 32.0 Å². The van der Waals surface area contributed by atoms with E-state index in [9.17, 15) is 0 Å². The lowest BCUT2D eigenvalue weighted by atomic mass is 10.2. The summed E-state index contributed by atoms with van der Waals surface area (Å²) in [7, 11) is 0. The molecule has 0 atom stereocenters. The Labute approximate surface area is 112 Å². The molecule has 0 fully saturated rings. The van der Waals surface area contributed by atoms with Crippen molar-refractivity contribution in [1.82, 2.24) is 0 Å². The molecule has 0 spiro atoms. The van der Waals surface area contributed by atoms with Crippen LogP contribution in [0.4, 0.5) is 5.69 Å². The second kappa shape index (κ2) is 6.54. The fraction of sp³-hybridized carbons (Fsp3) is 0.462. The number of anilines is 1. The third-order valence-electron chi connectivity index (χ3n) is 2.39. The van der Waals surface area contributed by atoms with Gasteiger partial charge in [-0.2, -0.15) is 0 Å². The summed E-state index contributed by atoms with van der Waals surface area (Å²) in [5, 5.41) is 4.25. The molecule has 0 bridgehead atoms. The maximum absolute atomic E-state index is 5.60. The SMILES string of the molecule is CCOc1ccc(OCC)c(NC2=NCCS2)c1. The maximum Gasteiger partial charge on any atom is 0.161 e. The quantitative estimate of drug-likeness (QED) is 0.889. The second-order valence-electron chi connectivity index (χ2n) is 3.68. The Balaban J connectivity index is 2.18. The van der Waals surface area contributed by atoms with Gasteiger partial charge in [0.05, 0.1) is 25.4 Å². The van der Waals surface area contributed by atoms with Crippen LogP contribution in [0.5, 0.6) is 11.5 Å². The lowest BCUT2D eigenvalue weighted by molar-refractivity contribution is 0.332. The van der Waals surface area contributed by atoms with Crippen molar-refractivity contribution in [3.63, 3.8) is 0 Å². The Kier molecular flexibility index (Phi) is 4.75. The van der Waals surface area contributed by atoms with Crippen LogP contribution >= 0.6 is 11.8 Å². The molecule has 1 aliphatic heterocycles. The highest BCUT2D eigenvalue weighted by atomic mass is 32.2. The van der Waals surface area contributed by atoms with Gasteiger partial charge in [-0.1, -0.05) is 11.8 Å². The molecule has 2 rings (SSSR count). The van der Waals surface area contributed by atoms with Crippen LogP contribution in [0.3, 0.4) is 0 Å². The molecule has 0 saturated carbocycles. The number of nitrogens with zero attached hydrogens (tertiary/aromatic N) is 1. The van der Waals surface area contributed by atoms with E-state index in [4.69, 9.17) is 9.47 Å². The van der Waals surface area contributed by atoms with Gasteiger partial charge in [-0.05, 0) is 26.0 Å². The van der Waals surface area contributed by atoms with Crippen molar-refractivity contribution >= 4 is 22.6 Å². The summed E-state index contributed by atoms with van der Waals surface area (Å²) in [6, 6.07) is 5.80. The minimum Gasteiger partial charge on any atom is -0.494 e. The number of amidine groups is 1. The van der Waals surface area contributed by atoms with Crippen LogP contribution in [-0.4, -0.2) is 30.7 Å². The van der Waals surface area contributed by atoms with Crippen LogP contribution in [0.15, 0.2) is 23.2 Å². The number of rotatable bonds is 5. The van der Waals surface area contributed by atoms with Crippen LogP contribution in [0, 0.1) is 0 Å². The van der Waals surface area contributed by atoms with Crippen LogP contribution in [-0.2, 0) is 0 Å². The molecule has 1 aromatic carbocycles. The monoisotopic (exact) mass is 266 g/mol. The highest BCUT2D eigenvalue weighted by molar-refractivity contribution is 8.14. The first kappa shape index (κ1) is 13.1. The first-order chi connectivity index (χ1) is 8.83. The molecule has 1 heterocycles. The minimum absolute atomic E-state index is 0.641. The van der Waals surface area contributed by atoms with E-state index < -0.39 is 0 Å². The first-order valence-corrected chi connectivity index (χ1v) is 7.16. The molecule has 0 unspecified atom stereocenters. The molecule has 0 amide bonds. The Morgan fingerprint density at radius 1 is 1.28 bits per heavy atom. The zero-order chi connectivity index (χ0) is 12.8. The molecule has 5 heteroatoms. The van der Waals surface area contributed by atoms with Gasteiger partial charge < -0.3 is 14.8 Å². The van der Waals surface area contributed by atoms with Gasteiger partial charge in [0.2, 0.25) is 0 Å². The van der Waals surface area contributed by atoms with Crippen LogP contribution in [0.1, 0.15) is 13.8 Å². The van der Waals surface area contributed by atoms with Crippen LogP contribution in [0.25, 0.3) is 0 Å². The molecule has 18 heavy (non-hydrogen) atoms. The highest BCUT2D eigenvalue weighted by Crippen LogP contribution is 2.30. The number of hydrogen-bond donors (Lipinski definition) is 1. The fourth-order valence-corrected chi connectivity index (χ4v) is 2.41. The zero-order valence-electron chi connectivity index (χ0n) is 10.7. The Morgan fingerprint density at radius 2 is 2.11 bits per heavy atom. The molecule has 1 aliphatic rings.